The highest BCUT2D eigenvalue weighted by Crippen LogP contribution is 2.50. The summed E-state index contributed by atoms with van der Waals surface area (Å²) in [4.78, 5) is 26.5. The van der Waals surface area contributed by atoms with Gasteiger partial charge < -0.3 is 15.2 Å². The van der Waals surface area contributed by atoms with Gasteiger partial charge in [0, 0.05) is 12.1 Å². The van der Waals surface area contributed by atoms with Crippen molar-refractivity contribution in [3.63, 3.8) is 0 Å². The van der Waals surface area contributed by atoms with Gasteiger partial charge in [0.2, 0.25) is 0 Å². The minimum Gasteiger partial charge on any atom is -0.493 e. The first-order chi connectivity index (χ1) is 18.5. The second-order valence-electron chi connectivity index (χ2n) is 9.47. The number of unbranched alkanes of at least 4 members (excludes halogenated alkanes) is 1. The predicted octanol–water partition coefficient (Wildman–Crippen LogP) is 6.48. The Labute approximate surface area is 233 Å². The largest absolute Gasteiger partial charge is 0.493 e. The molecule has 1 atom stereocenters. The van der Waals surface area contributed by atoms with E-state index in [1.54, 1.807) is 6.92 Å². The summed E-state index contributed by atoms with van der Waals surface area (Å²) in [7, 11) is 0. The van der Waals surface area contributed by atoms with Gasteiger partial charge in [0.05, 0.1) is 11.1 Å². The van der Waals surface area contributed by atoms with Gasteiger partial charge in [-0.2, -0.15) is 26.3 Å². The molecule has 220 valence electrons. The lowest BCUT2D eigenvalue weighted by Gasteiger charge is -2.33. The van der Waals surface area contributed by atoms with Gasteiger partial charge in [-0.3, -0.25) is 9.69 Å². The van der Waals surface area contributed by atoms with Crippen molar-refractivity contribution in [2.45, 2.75) is 63.0 Å². The molecular weight excluding hydrogens is 617 g/mol. The molecule has 1 fully saturated rings. The summed E-state index contributed by atoms with van der Waals surface area (Å²) in [6.07, 6.45) is -11.0. The summed E-state index contributed by atoms with van der Waals surface area (Å²) in [5.74, 6) is -1.02. The van der Waals surface area contributed by atoms with E-state index < -0.39 is 46.8 Å². The molecule has 2 N–H and O–H groups in total. The molecule has 3 rings (SSSR count). The number of nitrogens with one attached hydrogen (secondary N) is 1. The summed E-state index contributed by atoms with van der Waals surface area (Å²) < 4.78 is 99.0. The molecule has 1 saturated heterocycles. The highest BCUT2D eigenvalue weighted by atomic mass is 79.9. The molecule has 1 heterocycles. The zero-order valence-corrected chi connectivity index (χ0v) is 22.9. The summed E-state index contributed by atoms with van der Waals surface area (Å²) in [6, 6.07) is 5.42. The van der Waals surface area contributed by atoms with E-state index in [0.717, 1.165) is 17.0 Å². The van der Waals surface area contributed by atoms with Crippen LogP contribution in [0.25, 0.3) is 0 Å². The summed E-state index contributed by atoms with van der Waals surface area (Å²) in [5.41, 5.74) is -7.38. The molecule has 40 heavy (non-hydrogen) atoms. The average Bonchev–Trinajstić information content (AvgIpc) is 3.08. The van der Waals surface area contributed by atoms with Gasteiger partial charge in [0.25, 0.3) is 11.5 Å². The number of aliphatic hydroxyl groups is 1. The van der Waals surface area contributed by atoms with Crippen molar-refractivity contribution in [2.24, 2.45) is 0 Å². The third-order valence-corrected chi connectivity index (χ3v) is 7.23. The lowest BCUT2D eigenvalue weighted by molar-refractivity contribution is -0.376. The standard InChI is InChI=1S/C26H26BrF7N2O4/c1-3-6-15-13-17(24(39,25(29,30)31)26(32,33)34)8-10-20(15)40-12-5-4-11-36-21(37)23(2,35-22(36)38)16-7-9-19(28)18(27)14-16/h7-10,13-14,39H,3-6,11-12H2,1-2H3,(H,35,38)/t23-/m1/s1. The first-order valence-corrected chi connectivity index (χ1v) is 13.0. The van der Waals surface area contributed by atoms with Crippen LogP contribution in [0.3, 0.4) is 0 Å². The number of urea groups is 1. The Hall–Kier alpha value is -2.87. The molecule has 0 radical (unpaired) electrons. The maximum absolute atomic E-state index is 13.6. The summed E-state index contributed by atoms with van der Waals surface area (Å²) >= 11 is 3.05. The van der Waals surface area contributed by atoms with E-state index in [4.69, 9.17) is 4.74 Å². The maximum atomic E-state index is 13.6. The Balaban J connectivity index is 1.65. The van der Waals surface area contributed by atoms with E-state index in [1.807, 2.05) is 0 Å². The lowest BCUT2D eigenvalue weighted by atomic mass is 9.90. The molecule has 1 aliphatic rings. The van der Waals surface area contributed by atoms with Gasteiger partial charge in [0.15, 0.2) is 0 Å². The predicted molar refractivity (Wildman–Crippen MR) is 133 cm³/mol. The van der Waals surface area contributed by atoms with Crippen LogP contribution in [0.2, 0.25) is 0 Å². The van der Waals surface area contributed by atoms with Crippen molar-refractivity contribution < 1.29 is 50.2 Å². The number of amides is 3. The number of hydrogen-bond acceptors (Lipinski definition) is 4. The number of alkyl halides is 6. The Morgan fingerprint density at radius 2 is 1.68 bits per heavy atom. The molecule has 0 unspecified atom stereocenters. The number of ether oxygens (including phenoxy) is 1. The SMILES string of the molecule is CCCc1cc(C(O)(C(F)(F)F)C(F)(F)F)ccc1OCCCCN1C(=O)N[C@](C)(c2ccc(F)c(Br)c2)C1=O. The number of carbonyl (C=O) groups excluding carboxylic acids is 2. The molecule has 0 aliphatic carbocycles. The number of hydrogen-bond donors (Lipinski definition) is 2. The Kier molecular flexibility index (Phi) is 9.14. The summed E-state index contributed by atoms with van der Waals surface area (Å²) in [5, 5.41) is 12.3. The van der Waals surface area contributed by atoms with E-state index >= 15 is 0 Å². The lowest BCUT2D eigenvalue weighted by Crippen LogP contribution is -2.53. The van der Waals surface area contributed by atoms with Crippen LogP contribution in [-0.4, -0.2) is 47.4 Å². The number of halogens is 8. The molecule has 0 spiro atoms. The van der Waals surface area contributed by atoms with Crippen molar-refractivity contribution in [1.82, 2.24) is 10.2 Å². The van der Waals surface area contributed by atoms with Gasteiger partial charge in [-0.05, 0) is 77.5 Å². The van der Waals surface area contributed by atoms with Crippen molar-refractivity contribution in [3.05, 3.63) is 63.4 Å². The molecule has 14 heteroatoms. The van der Waals surface area contributed by atoms with E-state index in [2.05, 4.69) is 21.2 Å². The topological polar surface area (TPSA) is 78.9 Å². The third-order valence-electron chi connectivity index (χ3n) is 6.62. The van der Waals surface area contributed by atoms with E-state index in [0.29, 0.717) is 24.1 Å². The van der Waals surface area contributed by atoms with Gasteiger partial charge in [-0.25, -0.2) is 9.18 Å². The maximum Gasteiger partial charge on any atom is 0.430 e. The van der Waals surface area contributed by atoms with Crippen molar-refractivity contribution in [2.75, 3.05) is 13.2 Å². The minimum atomic E-state index is -6.00. The number of rotatable bonds is 10. The highest BCUT2D eigenvalue weighted by molar-refractivity contribution is 9.10. The van der Waals surface area contributed by atoms with Crippen molar-refractivity contribution in [3.8, 4) is 5.75 Å². The second-order valence-corrected chi connectivity index (χ2v) is 10.3. The van der Waals surface area contributed by atoms with E-state index in [-0.39, 0.29) is 48.2 Å². The third kappa shape index (κ3) is 5.92. The van der Waals surface area contributed by atoms with Crippen molar-refractivity contribution in [1.29, 1.82) is 0 Å². The first-order valence-electron chi connectivity index (χ1n) is 12.2. The molecular formula is C26H26BrF7N2O4. The van der Waals surface area contributed by atoms with Gasteiger partial charge in [0.1, 0.15) is 17.1 Å². The van der Waals surface area contributed by atoms with Crippen LogP contribution < -0.4 is 10.1 Å². The fourth-order valence-electron chi connectivity index (χ4n) is 4.35. The molecule has 3 amide bonds. The van der Waals surface area contributed by atoms with Gasteiger partial charge in [-0.1, -0.05) is 25.5 Å². The molecule has 2 aromatic rings. The van der Waals surface area contributed by atoms with Crippen LogP contribution in [-0.2, 0) is 22.4 Å². The fourth-order valence-corrected chi connectivity index (χ4v) is 4.73. The molecule has 0 saturated carbocycles. The van der Waals surface area contributed by atoms with Crippen LogP contribution in [0.5, 0.6) is 5.75 Å². The van der Waals surface area contributed by atoms with Crippen LogP contribution in [0, 0.1) is 5.82 Å². The molecule has 1 aliphatic heterocycles. The van der Waals surface area contributed by atoms with Gasteiger partial charge >= 0.3 is 18.4 Å². The van der Waals surface area contributed by atoms with Crippen LogP contribution >= 0.6 is 15.9 Å². The number of aryl methyl sites for hydroxylation is 1. The number of benzene rings is 2. The monoisotopic (exact) mass is 642 g/mol. The first kappa shape index (κ1) is 31.7. The van der Waals surface area contributed by atoms with Crippen LogP contribution in [0.4, 0.5) is 35.5 Å². The van der Waals surface area contributed by atoms with Crippen LogP contribution in [0.1, 0.15) is 49.8 Å². The average molecular weight is 643 g/mol. The summed E-state index contributed by atoms with van der Waals surface area (Å²) in [6.45, 7) is 3.17. The zero-order valence-electron chi connectivity index (χ0n) is 21.3. The van der Waals surface area contributed by atoms with E-state index in [9.17, 15) is 45.4 Å². The number of carbonyl (C=O) groups is 2. The Morgan fingerprint density at radius 3 is 2.25 bits per heavy atom. The molecule has 6 nitrogen and oxygen atoms in total. The molecule has 2 aromatic carbocycles. The smallest absolute Gasteiger partial charge is 0.430 e. The molecule has 0 bridgehead atoms. The zero-order chi connectivity index (χ0) is 30.1. The Bertz CT molecular complexity index is 1250. The Morgan fingerprint density at radius 1 is 1.02 bits per heavy atom. The molecule has 0 aromatic heterocycles. The van der Waals surface area contributed by atoms with Crippen molar-refractivity contribution >= 4 is 27.9 Å². The van der Waals surface area contributed by atoms with Crippen LogP contribution in [0.15, 0.2) is 40.9 Å². The quantitative estimate of drug-likeness (QED) is 0.177. The number of nitrogens with zero attached hydrogens (tertiary/aromatic N) is 1. The second kappa shape index (κ2) is 11.6. The number of imide groups is 1. The highest BCUT2D eigenvalue weighted by Gasteiger charge is 2.71. The minimum absolute atomic E-state index is 0.00923. The van der Waals surface area contributed by atoms with E-state index in [1.165, 1.54) is 19.1 Å². The van der Waals surface area contributed by atoms with Gasteiger partial charge in [-0.15, -0.1) is 0 Å². The normalized spacial score (nSPS) is 18.3. The fraction of sp³-hybridized carbons (Fsp3) is 0.462.